The van der Waals surface area contributed by atoms with E-state index < -0.39 is 10.0 Å². The van der Waals surface area contributed by atoms with Gasteiger partial charge >= 0.3 is 0 Å². The SMILES string of the molecule is O=C(c1csc(-c2ccco2)n1)N1CCN(S(=O)(=O)c2ccc(Cl)c(Cl)c2)CC1. The normalized spacial score (nSPS) is 15.6. The molecule has 1 amide bonds. The van der Waals surface area contributed by atoms with E-state index in [2.05, 4.69) is 4.98 Å². The van der Waals surface area contributed by atoms with Gasteiger partial charge in [0, 0.05) is 31.6 Å². The summed E-state index contributed by atoms with van der Waals surface area (Å²) in [5.74, 6) is 0.372. The number of halogens is 2. The summed E-state index contributed by atoms with van der Waals surface area (Å²) in [5.41, 5.74) is 0.321. The molecule has 3 heterocycles. The Morgan fingerprint density at radius 2 is 1.86 bits per heavy atom. The van der Waals surface area contributed by atoms with Crippen molar-refractivity contribution in [2.24, 2.45) is 0 Å². The minimum Gasteiger partial charge on any atom is -0.462 e. The molecule has 1 aliphatic heterocycles. The quantitative estimate of drug-likeness (QED) is 0.576. The molecule has 0 saturated carbocycles. The second-order valence-electron chi connectivity index (χ2n) is 6.29. The maximum atomic E-state index is 12.8. The number of carbonyl (C=O) groups excluding carboxylic acids is 1. The second-order valence-corrected chi connectivity index (χ2v) is 9.90. The summed E-state index contributed by atoms with van der Waals surface area (Å²) in [5, 5.41) is 2.77. The Balaban J connectivity index is 1.43. The molecule has 29 heavy (non-hydrogen) atoms. The molecule has 0 unspecified atom stereocenters. The van der Waals surface area contributed by atoms with Crippen LogP contribution < -0.4 is 0 Å². The van der Waals surface area contributed by atoms with E-state index in [1.807, 2.05) is 0 Å². The van der Waals surface area contributed by atoms with Gasteiger partial charge in [-0.25, -0.2) is 13.4 Å². The van der Waals surface area contributed by atoms with Crippen molar-refractivity contribution in [3.8, 4) is 10.8 Å². The fourth-order valence-electron chi connectivity index (χ4n) is 2.97. The molecular formula is C18H15Cl2N3O4S2. The number of sulfonamides is 1. The van der Waals surface area contributed by atoms with Gasteiger partial charge in [0.05, 0.1) is 21.2 Å². The fourth-order valence-corrected chi connectivity index (χ4v) is 5.54. The van der Waals surface area contributed by atoms with Gasteiger partial charge in [-0.05, 0) is 30.3 Å². The Hall–Kier alpha value is -1.91. The lowest BCUT2D eigenvalue weighted by molar-refractivity contribution is 0.0693. The van der Waals surface area contributed by atoms with Crippen molar-refractivity contribution in [1.82, 2.24) is 14.2 Å². The summed E-state index contributed by atoms with van der Waals surface area (Å²) in [6.45, 7) is 0.910. The first kappa shape index (κ1) is 20.4. The number of benzene rings is 1. The highest BCUT2D eigenvalue weighted by Crippen LogP contribution is 2.28. The summed E-state index contributed by atoms with van der Waals surface area (Å²) >= 11 is 13.1. The van der Waals surface area contributed by atoms with Gasteiger partial charge in [-0.15, -0.1) is 11.3 Å². The predicted molar refractivity (Wildman–Crippen MR) is 111 cm³/mol. The van der Waals surface area contributed by atoms with Gasteiger partial charge in [0.2, 0.25) is 10.0 Å². The van der Waals surface area contributed by atoms with Crippen LogP contribution in [0.25, 0.3) is 10.8 Å². The average molecular weight is 472 g/mol. The third kappa shape index (κ3) is 4.06. The van der Waals surface area contributed by atoms with Crippen molar-refractivity contribution in [1.29, 1.82) is 0 Å². The van der Waals surface area contributed by atoms with Crippen LogP contribution in [0.2, 0.25) is 10.0 Å². The first-order valence-corrected chi connectivity index (χ1v) is 11.7. The summed E-state index contributed by atoms with van der Waals surface area (Å²) in [4.78, 5) is 18.7. The largest absolute Gasteiger partial charge is 0.462 e. The minimum absolute atomic E-state index is 0.0780. The third-order valence-electron chi connectivity index (χ3n) is 4.51. The summed E-state index contributed by atoms with van der Waals surface area (Å²) in [6, 6.07) is 7.75. The molecule has 1 fully saturated rings. The summed E-state index contributed by atoms with van der Waals surface area (Å²) in [7, 11) is -3.71. The molecular weight excluding hydrogens is 457 g/mol. The van der Waals surface area contributed by atoms with Crippen molar-refractivity contribution in [3.63, 3.8) is 0 Å². The molecule has 1 aromatic carbocycles. The van der Waals surface area contributed by atoms with E-state index in [1.165, 1.54) is 33.8 Å². The molecule has 11 heteroatoms. The lowest BCUT2D eigenvalue weighted by Gasteiger charge is -2.33. The van der Waals surface area contributed by atoms with Crippen molar-refractivity contribution in [3.05, 3.63) is 57.7 Å². The average Bonchev–Trinajstić information content (AvgIpc) is 3.41. The van der Waals surface area contributed by atoms with Crippen LogP contribution in [0.15, 0.2) is 51.3 Å². The summed E-state index contributed by atoms with van der Waals surface area (Å²) in [6.07, 6.45) is 1.55. The zero-order chi connectivity index (χ0) is 20.6. The van der Waals surface area contributed by atoms with Crippen LogP contribution in [0.3, 0.4) is 0 Å². The molecule has 4 rings (SSSR count). The standard InChI is InChI=1S/C18H15Cl2N3O4S2/c19-13-4-3-12(10-14(13)20)29(25,26)23-7-5-22(6-8-23)18(24)15-11-28-17(21-15)16-2-1-9-27-16/h1-4,9-11H,5-8H2. The smallest absolute Gasteiger partial charge is 0.273 e. The van der Waals surface area contributed by atoms with E-state index >= 15 is 0 Å². The van der Waals surface area contributed by atoms with Gasteiger partial charge in [0.15, 0.2) is 10.8 Å². The predicted octanol–water partition coefficient (Wildman–Crippen LogP) is 3.86. The van der Waals surface area contributed by atoms with Gasteiger partial charge in [-0.1, -0.05) is 23.2 Å². The number of rotatable bonds is 4. The maximum absolute atomic E-state index is 12.8. The van der Waals surface area contributed by atoms with Crippen LogP contribution in [0.5, 0.6) is 0 Å². The van der Waals surface area contributed by atoms with E-state index in [4.69, 9.17) is 27.6 Å². The van der Waals surface area contributed by atoms with E-state index in [-0.39, 0.29) is 42.0 Å². The molecule has 2 aromatic heterocycles. The van der Waals surface area contributed by atoms with Crippen molar-refractivity contribution >= 4 is 50.5 Å². The van der Waals surface area contributed by atoms with Crippen LogP contribution in [-0.4, -0.2) is 54.7 Å². The first-order valence-electron chi connectivity index (χ1n) is 8.60. The number of nitrogens with zero attached hydrogens (tertiary/aromatic N) is 3. The maximum Gasteiger partial charge on any atom is 0.273 e. The Kier molecular flexibility index (Phi) is 5.67. The molecule has 0 spiro atoms. The minimum atomic E-state index is -3.71. The number of aromatic nitrogens is 1. The highest BCUT2D eigenvalue weighted by Gasteiger charge is 2.31. The van der Waals surface area contributed by atoms with Crippen LogP contribution in [0.1, 0.15) is 10.5 Å². The van der Waals surface area contributed by atoms with Crippen LogP contribution in [0.4, 0.5) is 0 Å². The number of hydrogen-bond acceptors (Lipinski definition) is 6. The number of amides is 1. The molecule has 1 saturated heterocycles. The Bertz CT molecular complexity index is 1140. The molecule has 0 atom stereocenters. The Morgan fingerprint density at radius 3 is 2.52 bits per heavy atom. The van der Waals surface area contributed by atoms with Gasteiger partial charge in [0.25, 0.3) is 5.91 Å². The molecule has 152 valence electrons. The number of carbonyl (C=O) groups is 1. The van der Waals surface area contributed by atoms with Crippen LogP contribution >= 0.6 is 34.5 Å². The van der Waals surface area contributed by atoms with Crippen LogP contribution in [0, 0.1) is 0 Å². The molecule has 0 N–H and O–H groups in total. The van der Waals surface area contributed by atoms with E-state index in [9.17, 15) is 13.2 Å². The number of piperazine rings is 1. The fraction of sp³-hybridized carbons (Fsp3) is 0.222. The molecule has 1 aliphatic rings. The van der Waals surface area contributed by atoms with Crippen molar-refractivity contribution < 1.29 is 17.6 Å². The van der Waals surface area contributed by atoms with Gasteiger partial charge in [-0.2, -0.15) is 4.31 Å². The monoisotopic (exact) mass is 471 g/mol. The summed E-state index contributed by atoms with van der Waals surface area (Å²) < 4.78 is 32.3. The number of furan rings is 1. The van der Waals surface area contributed by atoms with Gasteiger partial charge < -0.3 is 9.32 Å². The molecule has 0 radical (unpaired) electrons. The van der Waals surface area contributed by atoms with E-state index in [1.54, 1.807) is 28.7 Å². The van der Waals surface area contributed by atoms with Crippen LogP contribution in [-0.2, 0) is 10.0 Å². The van der Waals surface area contributed by atoms with Gasteiger partial charge in [0.1, 0.15) is 5.69 Å². The zero-order valence-corrected chi connectivity index (χ0v) is 18.1. The zero-order valence-electron chi connectivity index (χ0n) is 14.9. The lowest BCUT2D eigenvalue weighted by atomic mass is 10.3. The topological polar surface area (TPSA) is 83.7 Å². The van der Waals surface area contributed by atoms with Gasteiger partial charge in [-0.3, -0.25) is 4.79 Å². The molecule has 7 nitrogen and oxygen atoms in total. The van der Waals surface area contributed by atoms with Crippen molar-refractivity contribution in [2.75, 3.05) is 26.2 Å². The van der Waals surface area contributed by atoms with E-state index in [0.29, 0.717) is 21.5 Å². The molecule has 0 aliphatic carbocycles. The first-order chi connectivity index (χ1) is 13.9. The highest BCUT2D eigenvalue weighted by atomic mass is 35.5. The number of thiazole rings is 1. The number of hydrogen-bond donors (Lipinski definition) is 0. The highest BCUT2D eigenvalue weighted by molar-refractivity contribution is 7.89. The van der Waals surface area contributed by atoms with E-state index in [0.717, 1.165) is 0 Å². The Labute approximate surface area is 181 Å². The lowest BCUT2D eigenvalue weighted by Crippen LogP contribution is -2.50. The Morgan fingerprint density at radius 1 is 1.10 bits per heavy atom. The van der Waals surface area contributed by atoms with Crippen molar-refractivity contribution in [2.45, 2.75) is 4.90 Å². The third-order valence-corrected chi connectivity index (χ3v) is 8.00. The molecule has 0 bridgehead atoms. The second kappa shape index (κ2) is 8.08. The molecule has 3 aromatic rings.